The minimum atomic E-state index is -4.54. The molecule has 9 heteroatoms. The highest BCUT2D eigenvalue weighted by Crippen LogP contribution is 2.43. The van der Waals surface area contributed by atoms with Crippen LogP contribution in [-0.4, -0.2) is 13.7 Å². The Morgan fingerprint density at radius 1 is 1.30 bits per heavy atom. The van der Waals surface area contributed by atoms with Crippen molar-refractivity contribution in [2.45, 2.75) is 16.8 Å². The van der Waals surface area contributed by atoms with Gasteiger partial charge in [-0.05, 0) is 24.6 Å². The fourth-order valence-electron chi connectivity index (χ4n) is 2.12. The molecule has 1 aromatic carbocycles. The van der Waals surface area contributed by atoms with Gasteiger partial charge in [-0.3, -0.25) is 4.57 Å². The average Bonchev–Trinajstić information content (AvgIpc) is 3.07. The molecule has 0 aliphatic carbocycles. The zero-order valence-electron chi connectivity index (χ0n) is 11.2. The van der Waals surface area contributed by atoms with Crippen molar-refractivity contribution in [2.75, 3.05) is 0 Å². The number of halogens is 6. The van der Waals surface area contributed by atoms with Crippen LogP contribution >= 0.6 is 50.9 Å². The van der Waals surface area contributed by atoms with Gasteiger partial charge in [0.05, 0.1) is 14.9 Å². The van der Waals surface area contributed by atoms with Gasteiger partial charge in [-0.15, -0.1) is 11.8 Å². The summed E-state index contributed by atoms with van der Waals surface area (Å²) >= 11 is 16.9. The molecule has 23 heavy (non-hydrogen) atoms. The number of hydrogen-bond donors (Lipinski definition) is 0. The van der Waals surface area contributed by atoms with Crippen LogP contribution in [0.5, 0.6) is 0 Å². The van der Waals surface area contributed by atoms with E-state index in [0.29, 0.717) is 27.1 Å². The van der Waals surface area contributed by atoms with Crippen LogP contribution in [0.4, 0.5) is 13.2 Å². The van der Waals surface area contributed by atoms with Crippen LogP contribution in [0.1, 0.15) is 17.9 Å². The second kappa shape index (κ2) is 6.35. The summed E-state index contributed by atoms with van der Waals surface area (Å²) in [4.78, 5) is 4.44. The number of benzene rings is 1. The van der Waals surface area contributed by atoms with E-state index in [1.165, 1.54) is 22.4 Å². The Labute approximate surface area is 152 Å². The number of imidazole rings is 1. The van der Waals surface area contributed by atoms with Gasteiger partial charge >= 0.3 is 6.18 Å². The minimum Gasteiger partial charge on any atom is -0.297 e. The van der Waals surface area contributed by atoms with E-state index in [9.17, 15) is 13.2 Å². The molecule has 1 aliphatic heterocycles. The summed E-state index contributed by atoms with van der Waals surface area (Å²) in [6, 6.07) is 4.63. The van der Waals surface area contributed by atoms with E-state index in [4.69, 9.17) is 23.2 Å². The summed E-state index contributed by atoms with van der Waals surface area (Å²) in [6.07, 6.45) is -1.04. The largest absolute Gasteiger partial charge is 0.434 e. The van der Waals surface area contributed by atoms with Gasteiger partial charge in [0.1, 0.15) is 0 Å². The number of nitrogens with zero attached hydrogens (tertiary/aromatic N) is 2. The van der Waals surface area contributed by atoms with E-state index in [0.717, 1.165) is 6.20 Å². The third kappa shape index (κ3) is 3.57. The monoisotopic (exact) mass is 442 g/mol. The maximum Gasteiger partial charge on any atom is 0.434 e. The Kier molecular flexibility index (Phi) is 4.75. The van der Waals surface area contributed by atoms with Crippen molar-refractivity contribution in [1.29, 1.82) is 0 Å². The van der Waals surface area contributed by atoms with E-state index < -0.39 is 11.9 Å². The van der Waals surface area contributed by atoms with Crippen LogP contribution in [0, 0.1) is 0 Å². The molecule has 0 radical (unpaired) electrons. The van der Waals surface area contributed by atoms with Crippen LogP contribution in [0.15, 0.2) is 30.5 Å². The summed E-state index contributed by atoms with van der Waals surface area (Å²) in [7, 11) is 0. The molecule has 0 saturated heterocycles. The van der Waals surface area contributed by atoms with Gasteiger partial charge in [0.15, 0.2) is 11.5 Å². The lowest BCUT2D eigenvalue weighted by atomic mass is 10.3. The fraction of sp³-hybridized carbons (Fsp3) is 0.214. The first-order valence-corrected chi connectivity index (χ1v) is 8.94. The molecule has 2 aromatic rings. The molecule has 2 heterocycles. The Balaban J connectivity index is 2.18. The molecule has 0 spiro atoms. The Morgan fingerprint density at radius 2 is 2.04 bits per heavy atom. The Hall–Kier alpha value is -0.630. The van der Waals surface area contributed by atoms with Crippen molar-refractivity contribution in [3.05, 3.63) is 52.0 Å². The van der Waals surface area contributed by atoms with Gasteiger partial charge in [-0.2, -0.15) is 13.2 Å². The third-order valence-corrected chi connectivity index (χ3v) is 5.67. The highest BCUT2D eigenvalue weighted by Gasteiger charge is 2.36. The minimum absolute atomic E-state index is 0.117. The molecule has 1 atom stereocenters. The predicted molar refractivity (Wildman–Crippen MR) is 91.5 cm³/mol. The quantitative estimate of drug-likeness (QED) is 0.500. The van der Waals surface area contributed by atoms with Crippen molar-refractivity contribution in [1.82, 2.24) is 9.55 Å². The maximum atomic E-state index is 13.1. The van der Waals surface area contributed by atoms with E-state index in [-0.39, 0.29) is 9.98 Å². The molecular formula is C14H8BrCl2F3N2S. The first-order chi connectivity index (χ1) is 10.8. The molecule has 3 rings (SSSR count). The van der Waals surface area contributed by atoms with Crippen LogP contribution in [0.3, 0.4) is 0 Å². The lowest BCUT2D eigenvalue weighted by Gasteiger charge is -2.10. The first kappa shape index (κ1) is 17.2. The molecule has 1 aliphatic rings. The van der Waals surface area contributed by atoms with E-state index >= 15 is 0 Å². The average molecular weight is 444 g/mol. The zero-order chi connectivity index (χ0) is 16.8. The highest BCUT2D eigenvalue weighted by molar-refractivity contribution is 9.11. The second-order valence-corrected chi connectivity index (χ2v) is 8.54. The van der Waals surface area contributed by atoms with E-state index in [1.54, 1.807) is 12.1 Å². The molecule has 1 unspecified atom stereocenters. The van der Waals surface area contributed by atoms with Crippen LogP contribution < -0.4 is 0 Å². The van der Waals surface area contributed by atoms with Gasteiger partial charge < -0.3 is 0 Å². The van der Waals surface area contributed by atoms with Gasteiger partial charge in [0.2, 0.25) is 0 Å². The molecule has 0 fully saturated rings. The molecule has 0 N–H and O–H groups in total. The predicted octanol–water partition coefficient (Wildman–Crippen LogP) is 6.40. The van der Waals surface area contributed by atoms with Crippen molar-refractivity contribution >= 4 is 55.8 Å². The SMILES string of the molecule is FC(F)(F)c1cn(-c2cc(Cl)ccc2Cl)c(C2=CCC(Br)S2)n1. The highest BCUT2D eigenvalue weighted by atomic mass is 79.9. The van der Waals surface area contributed by atoms with Crippen molar-refractivity contribution in [3.63, 3.8) is 0 Å². The van der Waals surface area contributed by atoms with Gasteiger partial charge in [-0.1, -0.05) is 45.2 Å². The smallest absolute Gasteiger partial charge is 0.297 e. The fourth-order valence-corrected chi connectivity index (χ4v) is 4.20. The first-order valence-electron chi connectivity index (χ1n) is 6.39. The lowest BCUT2D eigenvalue weighted by molar-refractivity contribution is -0.140. The zero-order valence-corrected chi connectivity index (χ0v) is 15.2. The molecule has 122 valence electrons. The maximum absolute atomic E-state index is 13.1. The number of aromatic nitrogens is 2. The summed E-state index contributed by atoms with van der Waals surface area (Å²) < 4.78 is 40.7. The molecular weight excluding hydrogens is 436 g/mol. The third-order valence-electron chi connectivity index (χ3n) is 3.13. The molecule has 0 bridgehead atoms. The summed E-state index contributed by atoms with van der Waals surface area (Å²) in [5.41, 5.74) is -0.611. The van der Waals surface area contributed by atoms with Gasteiger partial charge in [0.25, 0.3) is 0 Å². The number of hydrogen-bond acceptors (Lipinski definition) is 2. The number of allylic oxidation sites excluding steroid dienone is 1. The Bertz CT molecular complexity index is 789. The van der Waals surface area contributed by atoms with Crippen LogP contribution in [0.2, 0.25) is 10.0 Å². The van der Waals surface area contributed by atoms with Gasteiger partial charge in [-0.25, -0.2) is 4.98 Å². The molecule has 2 nitrogen and oxygen atoms in total. The van der Waals surface area contributed by atoms with E-state index in [2.05, 4.69) is 20.9 Å². The number of thioether (sulfide) groups is 1. The van der Waals surface area contributed by atoms with Crippen LogP contribution in [-0.2, 0) is 6.18 Å². The van der Waals surface area contributed by atoms with Crippen LogP contribution in [0.25, 0.3) is 10.6 Å². The summed E-state index contributed by atoms with van der Waals surface area (Å²) in [6.45, 7) is 0. The molecule has 1 aromatic heterocycles. The van der Waals surface area contributed by atoms with Crippen molar-refractivity contribution in [3.8, 4) is 5.69 Å². The Morgan fingerprint density at radius 3 is 2.65 bits per heavy atom. The topological polar surface area (TPSA) is 17.8 Å². The number of alkyl halides is 4. The second-order valence-electron chi connectivity index (χ2n) is 4.75. The molecule has 0 amide bonds. The number of rotatable bonds is 2. The lowest BCUT2D eigenvalue weighted by Crippen LogP contribution is -2.05. The van der Waals surface area contributed by atoms with Gasteiger partial charge in [0, 0.05) is 16.1 Å². The molecule has 0 saturated carbocycles. The van der Waals surface area contributed by atoms with E-state index in [1.807, 2.05) is 6.08 Å². The normalized spacial score (nSPS) is 18.3. The summed E-state index contributed by atoms with van der Waals surface area (Å²) in [5.74, 6) is 0.202. The summed E-state index contributed by atoms with van der Waals surface area (Å²) in [5, 5.41) is 0.671. The van der Waals surface area contributed by atoms with Crippen molar-refractivity contribution < 1.29 is 13.2 Å². The standard InChI is InChI=1S/C14H8BrCl2F3N2S/c15-12-4-3-10(23-12)13-21-11(14(18,19)20)6-22(13)9-5-7(16)1-2-8(9)17/h1-3,5-6,12H,4H2. The van der Waals surface area contributed by atoms with Crippen molar-refractivity contribution in [2.24, 2.45) is 0 Å².